The fraction of sp³-hybridized carbons (Fsp3) is 0.520. The Morgan fingerprint density at radius 3 is 2.44 bits per heavy atom. The van der Waals surface area contributed by atoms with Crippen molar-refractivity contribution < 1.29 is 9.53 Å². The van der Waals surface area contributed by atoms with E-state index in [2.05, 4.69) is 36.0 Å². The number of H-pyrrole nitrogens is 1. The number of benzene rings is 1. The van der Waals surface area contributed by atoms with Crippen LogP contribution in [0.15, 0.2) is 23.0 Å². The van der Waals surface area contributed by atoms with Crippen molar-refractivity contribution in [1.82, 2.24) is 10.3 Å². The van der Waals surface area contributed by atoms with Gasteiger partial charge in [-0.1, -0.05) is 11.6 Å². The molecule has 0 bridgehead atoms. The SMILES string of the molecule is CCN(c1cc(Cl)cc(C(=O)NCc2c(C)cc(C)[nH]c2=O)c1C)[C@@H]1C[C@@H](C)O[C@@H](C)C1. The van der Waals surface area contributed by atoms with Crippen LogP contribution >= 0.6 is 11.6 Å². The maximum Gasteiger partial charge on any atom is 0.253 e. The Labute approximate surface area is 195 Å². The second kappa shape index (κ2) is 10.1. The fourth-order valence-corrected chi connectivity index (χ4v) is 5.03. The van der Waals surface area contributed by atoms with Crippen LogP contribution in [0.3, 0.4) is 0 Å². The average Bonchev–Trinajstić information content (AvgIpc) is 2.69. The van der Waals surface area contributed by atoms with Crippen molar-refractivity contribution in [1.29, 1.82) is 0 Å². The maximum absolute atomic E-state index is 13.1. The number of halogens is 1. The van der Waals surface area contributed by atoms with Gasteiger partial charge in [0, 0.05) is 46.7 Å². The third-order valence-corrected chi connectivity index (χ3v) is 6.49. The van der Waals surface area contributed by atoms with Gasteiger partial charge in [-0.3, -0.25) is 9.59 Å². The molecule has 0 radical (unpaired) electrons. The molecule has 2 N–H and O–H groups in total. The molecule has 1 aliphatic heterocycles. The summed E-state index contributed by atoms with van der Waals surface area (Å²) >= 11 is 6.46. The van der Waals surface area contributed by atoms with E-state index in [1.807, 2.05) is 32.9 Å². The zero-order valence-corrected chi connectivity index (χ0v) is 20.6. The monoisotopic (exact) mass is 459 g/mol. The highest BCUT2D eigenvalue weighted by Gasteiger charge is 2.30. The number of nitrogens with one attached hydrogen (secondary N) is 2. The number of hydrogen-bond acceptors (Lipinski definition) is 4. The highest BCUT2D eigenvalue weighted by Crippen LogP contribution is 2.33. The number of nitrogens with zero attached hydrogens (tertiary/aromatic N) is 1. The first-order chi connectivity index (χ1) is 15.1. The van der Waals surface area contributed by atoms with Crippen LogP contribution in [-0.2, 0) is 11.3 Å². The molecule has 3 atom stereocenters. The minimum atomic E-state index is -0.240. The van der Waals surface area contributed by atoms with Crippen LogP contribution in [0.5, 0.6) is 0 Å². The number of aryl methyl sites for hydroxylation is 2. The Hall–Kier alpha value is -2.31. The molecule has 3 rings (SSSR count). The standard InChI is InChI=1S/C25H34ClN3O3/c1-7-29(20-9-16(4)32-17(5)10-20)23-12-19(26)11-21(18(23)6)24(30)27-13-22-14(2)8-15(3)28-25(22)31/h8,11-12,16-17,20H,7,9-10,13H2,1-6H3,(H,27,30)(H,28,31)/t16-,17+,20-. The number of carbonyl (C=O) groups is 1. The predicted molar refractivity (Wildman–Crippen MR) is 130 cm³/mol. The van der Waals surface area contributed by atoms with Gasteiger partial charge in [0.05, 0.1) is 12.2 Å². The molecule has 7 heteroatoms. The van der Waals surface area contributed by atoms with E-state index in [4.69, 9.17) is 16.3 Å². The summed E-state index contributed by atoms with van der Waals surface area (Å²) in [6, 6.07) is 5.86. The van der Waals surface area contributed by atoms with E-state index < -0.39 is 0 Å². The molecule has 6 nitrogen and oxygen atoms in total. The molecule has 174 valence electrons. The first-order valence-electron chi connectivity index (χ1n) is 11.3. The van der Waals surface area contributed by atoms with E-state index in [0.29, 0.717) is 22.2 Å². The van der Waals surface area contributed by atoms with E-state index >= 15 is 0 Å². The molecule has 0 aliphatic carbocycles. The largest absolute Gasteiger partial charge is 0.375 e. The molecule has 1 aromatic heterocycles. The number of amides is 1. The van der Waals surface area contributed by atoms with Crippen molar-refractivity contribution >= 4 is 23.2 Å². The van der Waals surface area contributed by atoms with Crippen molar-refractivity contribution in [3.8, 4) is 0 Å². The molecule has 32 heavy (non-hydrogen) atoms. The fourth-order valence-electron chi connectivity index (χ4n) is 4.81. The maximum atomic E-state index is 13.1. The van der Waals surface area contributed by atoms with Crippen LogP contribution in [0.25, 0.3) is 0 Å². The Bertz CT molecular complexity index is 1040. The molecule has 1 fully saturated rings. The number of pyridine rings is 1. The molecule has 1 aliphatic rings. The van der Waals surface area contributed by atoms with E-state index in [9.17, 15) is 9.59 Å². The van der Waals surface area contributed by atoms with Crippen LogP contribution in [-0.4, -0.2) is 35.7 Å². The summed E-state index contributed by atoms with van der Waals surface area (Å²) in [7, 11) is 0. The van der Waals surface area contributed by atoms with Crippen molar-refractivity contribution in [3.63, 3.8) is 0 Å². The number of anilines is 1. The summed E-state index contributed by atoms with van der Waals surface area (Å²) in [5.74, 6) is -0.240. The van der Waals surface area contributed by atoms with Gasteiger partial charge >= 0.3 is 0 Å². The molecular weight excluding hydrogens is 426 g/mol. The van der Waals surface area contributed by atoms with E-state index in [0.717, 1.165) is 41.9 Å². The molecule has 2 heterocycles. The smallest absolute Gasteiger partial charge is 0.253 e. The number of carbonyl (C=O) groups excluding carboxylic acids is 1. The molecule has 0 saturated carbocycles. The molecule has 1 amide bonds. The summed E-state index contributed by atoms with van der Waals surface area (Å²) in [4.78, 5) is 30.5. The molecule has 0 unspecified atom stereocenters. The second-order valence-electron chi connectivity index (χ2n) is 8.89. The lowest BCUT2D eigenvalue weighted by Crippen LogP contribution is -2.44. The minimum absolute atomic E-state index is 0.161. The lowest BCUT2D eigenvalue weighted by molar-refractivity contribution is -0.0376. The highest BCUT2D eigenvalue weighted by molar-refractivity contribution is 6.31. The third-order valence-electron chi connectivity index (χ3n) is 6.27. The summed E-state index contributed by atoms with van der Waals surface area (Å²) in [5, 5.41) is 3.43. The van der Waals surface area contributed by atoms with Crippen LogP contribution in [0.2, 0.25) is 5.02 Å². The summed E-state index contributed by atoms with van der Waals surface area (Å²) in [6.07, 6.45) is 2.24. The lowest BCUT2D eigenvalue weighted by atomic mass is 9.96. The van der Waals surface area contributed by atoms with Crippen molar-refractivity contribution in [2.45, 2.75) is 79.2 Å². The number of hydrogen-bond donors (Lipinski definition) is 2. The third kappa shape index (κ3) is 5.36. The van der Waals surface area contributed by atoms with Crippen molar-refractivity contribution in [3.05, 3.63) is 61.5 Å². The molecule has 0 spiro atoms. The Morgan fingerprint density at radius 1 is 1.19 bits per heavy atom. The van der Waals surface area contributed by atoms with Crippen LogP contribution in [0.1, 0.15) is 66.4 Å². The topological polar surface area (TPSA) is 74.4 Å². The van der Waals surface area contributed by atoms with Gasteiger partial charge in [-0.05, 0) is 83.7 Å². The summed E-state index contributed by atoms with van der Waals surface area (Å²) in [6.45, 7) is 13.0. The second-order valence-corrected chi connectivity index (χ2v) is 9.33. The predicted octanol–water partition coefficient (Wildman–Crippen LogP) is 4.67. The molecule has 2 aromatic rings. The highest BCUT2D eigenvalue weighted by atomic mass is 35.5. The summed E-state index contributed by atoms with van der Waals surface area (Å²) in [5.41, 5.74) is 4.43. The molecule has 1 aromatic carbocycles. The van der Waals surface area contributed by atoms with Gasteiger partial charge in [-0.2, -0.15) is 0 Å². The van der Waals surface area contributed by atoms with Gasteiger partial charge in [0.1, 0.15) is 0 Å². The Morgan fingerprint density at radius 2 is 1.84 bits per heavy atom. The van der Waals surface area contributed by atoms with Crippen LogP contribution in [0.4, 0.5) is 5.69 Å². The zero-order valence-electron chi connectivity index (χ0n) is 19.8. The van der Waals surface area contributed by atoms with Gasteiger partial charge in [-0.25, -0.2) is 0 Å². The minimum Gasteiger partial charge on any atom is -0.375 e. The van der Waals surface area contributed by atoms with Crippen molar-refractivity contribution in [2.24, 2.45) is 0 Å². The first kappa shape index (κ1) is 24.3. The number of aromatic amines is 1. The van der Waals surface area contributed by atoms with Gasteiger partial charge in [-0.15, -0.1) is 0 Å². The number of rotatable bonds is 6. The van der Waals surface area contributed by atoms with Gasteiger partial charge in [0.25, 0.3) is 11.5 Å². The lowest BCUT2D eigenvalue weighted by Gasteiger charge is -2.41. The van der Waals surface area contributed by atoms with Crippen LogP contribution < -0.4 is 15.8 Å². The Balaban J connectivity index is 1.87. The van der Waals surface area contributed by atoms with Crippen molar-refractivity contribution in [2.75, 3.05) is 11.4 Å². The van der Waals surface area contributed by atoms with Gasteiger partial charge in [0.15, 0.2) is 0 Å². The van der Waals surface area contributed by atoms with Crippen LogP contribution in [0, 0.1) is 20.8 Å². The molecule has 1 saturated heterocycles. The Kier molecular flexibility index (Phi) is 7.67. The molecular formula is C25H34ClN3O3. The van der Waals surface area contributed by atoms with Gasteiger partial charge in [0.2, 0.25) is 0 Å². The van der Waals surface area contributed by atoms with E-state index in [1.165, 1.54) is 0 Å². The zero-order chi connectivity index (χ0) is 23.6. The number of aromatic nitrogens is 1. The van der Waals surface area contributed by atoms with Gasteiger partial charge < -0.3 is 19.9 Å². The van der Waals surface area contributed by atoms with E-state index in [-0.39, 0.29) is 30.2 Å². The van der Waals surface area contributed by atoms with E-state index in [1.54, 1.807) is 6.07 Å². The normalized spacial score (nSPS) is 20.8. The quantitative estimate of drug-likeness (QED) is 0.658. The first-order valence-corrected chi connectivity index (χ1v) is 11.7. The summed E-state index contributed by atoms with van der Waals surface area (Å²) < 4.78 is 5.92. The number of ether oxygens (including phenoxy) is 1. The average molecular weight is 460 g/mol.